The zero-order chi connectivity index (χ0) is 13.4. The summed E-state index contributed by atoms with van der Waals surface area (Å²) >= 11 is 0. The van der Waals surface area contributed by atoms with Crippen molar-refractivity contribution in [3.8, 4) is 0 Å². The molecule has 0 spiro atoms. The molecule has 3 rings (SSSR count). The Morgan fingerprint density at radius 1 is 1.53 bits per heavy atom. The van der Waals surface area contributed by atoms with E-state index in [1.807, 2.05) is 17.9 Å². The summed E-state index contributed by atoms with van der Waals surface area (Å²) < 4.78 is 7.00. The van der Waals surface area contributed by atoms with Gasteiger partial charge in [-0.1, -0.05) is 6.07 Å². The number of carboxylic acid groups (broad SMARTS) is 1. The number of hydrogen-bond acceptors (Lipinski definition) is 4. The molecule has 1 saturated heterocycles. The Morgan fingerprint density at radius 2 is 2.37 bits per heavy atom. The predicted molar refractivity (Wildman–Crippen MR) is 69.8 cm³/mol. The number of carbonyl (C=O) groups is 1. The molecule has 1 unspecified atom stereocenters. The van der Waals surface area contributed by atoms with Crippen LogP contribution < -0.4 is 4.90 Å². The Bertz CT molecular complexity index is 623. The molecular weight excluding hydrogens is 246 g/mol. The summed E-state index contributed by atoms with van der Waals surface area (Å²) in [5, 5.41) is 9.45. The molecule has 6 heteroatoms. The number of aromatic carboxylic acids is 1. The topological polar surface area (TPSA) is 67.1 Å². The smallest absolute Gasteiger partial charge is 0.356 e. The van der Waals surface area contributed by atoms with E-state index in [4.69, 9.17) is 4.74 Å². The number of pyridine rings is 1. The average molecular weight is 261 g/mol. The lowest BCUT2D eigenvalue weighted by molar-refractivity contribution is 0.0687. The van der Waals surface area contributed by atoms with Crippen molar-refractivity contribution in [3.05, 3.63) is 30.1 Å². The first-order valence-electron chi connectivity index (χ1n) is 6.23. The number of imidazole rings is 1. The summed E-state index contributed by atoms with van der Waals surface area (Å²) in [6.45, 7) is 3.85. The fourth-order valence-electron chi connectivity index (χ4n) is 2.42. The van der Waals surface area contributed by atoms with Crippen LogP contribution in [0.2, 0.25) is 0 Å². The second kappa shape index (κ2) is 4.55. The van der Waals surface area contributed by atoms with Crippen LogP contribution in [0, 0.1) is 0 Å². The van der Waals surface area contributed by atoms with Crippen molar-refractivity contribution < 1.29 is 14.6 Å². The summed E-state index contributed by atoms with van der Waals surface area (Å²) in [4.78, 5) is 18.0. The van der Waals surface area contributed by atoms with E-state index < -0.39 is 5.97 Å². The highest BCUT2D eigenvalue weighted by Crippen LogP contribution is 2.25. The first-order chi connectivity index (χ1) is 9.18. The highest BCUT2D eigenvalue weighted by atomic mass is 16.5. The van der Waals surface area contributed by atoms with Gasteiger partial charge in [0.2, 0.25) is 0 Å². The van der Waals surface area contributed by atoms with Gasteiger partial charge < -0.3 is 14.7 Å². The van der Waals surface area contributed by atoms with Crippen LogP contribution in [0.1, 0.15) is 17.4 Å². The van der Waals surface area contributed by atoms with Gasteiger partial charge in [-0.25, -0.2) is 9.78 Å². The molecule has 19 heavy (non-hydrogen) atoms. The van der Waals surface area contributed by atoms with Gasteiger partial charge in [0.25, 0.3) is 0 Å². The second-order valence-corrected chi connectivity index (χ2v) is 4.64. The van der Waals surface area contributed by atoms with Crippen LogP contribution in [0.3, 0.4) is 0 Å². The normalized spacial score (nSPS) is 19.8. The highest BCUT2D eigenvalue weighted by molar-refractivity contribution is 5.93. The molecule has 1 aliphatic heterocycles. The van der Waals surface area contributed by atoms with E-state index in [1.54, 1.807) is 22.7 Å². The molecule has 0 bridgehead atoms. The van der Waals surface area contributed by atoms with E-state index in [-0.39, 0.29) is 11.7 Å². The molecule has 2 aromatic rings. The number of nitrogens with zero attached hydrogens (tertiary/aromatic N) is 3. The van der Waals surface area contributed by atoms with Crippen LogP contribution in [0.5, 0.6) is 0 Å². The molecule has 0 saturated carbocycles. The van der Waals surface area contributed by atoms with Crippen LogP contribution >= 0.6 is 0 Å². The maximum absolute atomic E-state index is 11.5. The van der Waals surface area contributed by atoms with Crippen molar-refractivity contribution >= 4 is 17.4 Å². The summed E-state index contributed by atoms with van der Waals surface area (Å²) in [5.74, 6) is -0.443. The van der Waals surface area contributed by atoms with Gasteiger partial charge in [0, 0.05) is 12.7 Å². The maximum atomic E-state index is 11.5. The second-order valence-electron chi connectivity index (χ2n) is 4.64. The Kier molecular flexibility index (Phi) is 2.87. The van der Waals surface area contributed by atoms with E-state index in [0.29, 0.717) is 31.2 Å². The molecule has 1 N–H and O–H groups in total. The van der Waals surface area contributed by atoms with Crippen LogP contribution in [-0.4, -0.2) is 46.3 Å². The van der Waals surface area contributed by atoms with Crippen molar-refractivity contribution in [3.63, 3.8) is 0 Å². The number of hydrogen-bond donors (Lipinski definition) is 1. The first kappa shape index (κ1) is 12.0. The van der Waals surface area contributed by atoms with Crippen molar-refractivity contribution in [1.82, 2.24) is 9.38 Å². The molecule has 2 aromatic heterocycles. The molecule has 100 valence electrons. The van der Waals surface area contributed by atoms with Gasteiger partial charge in [-0.05, 0) is 19.1 Å². The number of ether oxygens (including phenoxy) is 1. The van der Waals surface area contributed by atoms with E-state index >= 15 is 0 Å². The fraction of sp³-hybridized carbons (Fsp3) is 0.385. The maximum Gasteiger partial charge on any atom is 0.356 e. The summed E-state index contributed by atoms with van der Waals surface area (Å²) in [6, 6.07) is 5.58. The zero-order valence-electron chi connectivity index (χ0n) is 10.6. The van der Waals surface area contributed by atoms with Crippen molar-refractivity contribution in [2.75, 3.05) is 24.7 Å². The monoisotopic (exact) mass is 261 g/mol. The standard InChI is InChI=1S/C13H15N3O3/c1-9-8-19-7-6-15(9)12-11(13(17)18)16-5-3-2-4-10(16)14-12/h2-5,9H,6-8H2,1H3,(H,17,18). The molecule has 0 radical (unpaired) electrons. The molecule has 0 aromatic carbocycles. The fourth-order valence-corrected chi connectivity index (χ4v) is 2.42. The van der Waals surface area contributed by atoms with Crippen LogP contribution in [0.4, 0.5) is 5.82 Å². The van der Waals surface area contributed by atoms with Gasteiger partial charge >= 0.3 is 5.97 Å². The molecule has 0 aliphatic carbocycles. The largest absolute Gasteiger partial charge is 0.476 e. The predicted octanol–water partition coefficient (Wildman–Crippen LogP) is 1.26. The van der Waals surface area contributed by atoms with Gasteiger partial charge in [0.1, 0.15) is 5.65 Å². The molecule has 1 aliphatic rings. The third-order valence-corrected chi connectivity index (χ3v) is 3.35. The summed E-state index contributed by atoms with van der Waals surface area (Å²) in [6.07, 6.45) is 1.72. The van der Waals surface area contributed by atoms with E-state index in [2.05, 4.69) is 4.98 Å². The minimum Gasteiger partial charge on any atom is -0.476 e. The SMILES string of the molecule is CC1COCCN1c1nc2ccccn2c1C(=O)O. The lowest BCUT2D eigenvalue weighted by atomic mass is 10.2. The molecule has 3 heterocycles. The third-order valence-electron chi connectivity index (χ3n) is 3.35. The molecule has 6 nitrogen and oxygen atoms in total. The Balaban J connectivity index is 2.16. The highest BCUT2D eigenvalue weighted by Gasteiger charge is 2.28. The molecule has 1 fully saturated rings. The Hall–Kier alpha value is -2.08. The Morgan fingerprint density at radius 3 is 3.11 bits per heavy atom. The number of morpholine rings is 1. The third kappa shape index (κ3) is 1.94. The van der Waals surface area contributed by atoms with E-state index in [9.17, 15) is 9.90 Å². The Labute approximate surface area is 110 Å². The minimum absolute atomic E-state index is 0.122. The van der Waals surface area contributed by atoms with Gasteiger partial charge in [-0.3, -0.25) is 4.40 Å². The summed E-state index contributed by atoms with van der Waals surface area (Å²) in [5.41, 5.74) is 0.859. The lowest BCUT2D eigenvalue weighted by Crippen LogP contribution is -2.44. The van der Waals surface area contributed by atoms with Gasteiger partial charge in [0.05, 0.1) is 19.3 Å². The van der Waals surface area contributed by atoms with Gasteiger partial charge in [-0.15, -0.1) is 0 Å². The summed E-state index contributed by atoms with van der Waals surface area (Å²) in [7, 11) is 0. The first-order valence-corrected chi connectivity index (χ1v) is 6.23. The van der Waals surface area contributed by atoms with Crippen LogP contribution in [-0.2, 0) is 4.74 Å². The van der Waals surface area contributed by atoms with E-state index in [0.717, 1.165) is 0 Å². The number of aromatic nitrogens is 2. The van der Waals surface area contributed by atoms with Crippen LogP contribution in [0.25, 0.3) is 5.65 Å². The number of anilines is 1. The van der Waals surface area contributed by atoms with Crippen molar-refractivity contribution in [2.45, 2.75) is 13.0 Å². The number of carboxylic acids is 1. The molecule has 0 amide bonds. The van der Waals surface area contributed by atoms with Gasteiger partial charge in [-0.2, -0.15) is 0 Å². The quantitative estimate of drug-likeness (QED) is 0.881. The lowest BCUT2D eigenvalue weighted by Gasteiger charge is -2.33. The van der Waals surface area contributed by atoms with Gasteiger partial charge in [0.15, 0.2) is 11.5 Å². The zero-order valence-corrected chi connectivity index (χ0v) is 10.6. The van der Waals surface area contributed by atoms with E-state index in [1.165, 1.54) is 0 Å². The molecular formula is C13H15N3O3. The molecule has 1 atom stereocenters. The van der Waals surface area contributed by atoms with Crippen molar-refractivity contribution in [1.29, 1.82) is 0 Å². The average Bonchev–Trinajstić information content (AvgIpc) is 2.78. The van der Waals surface area contributed by atoms with Crippen LogP contribution in [0.15, 0.2) is 24.4 Å². The minimum atomic E-state index is -0.965. The van der Waals surface area contributed by atoms with Crippen molar-refractivity contribution in [2.24, 2.45) is 0 Å². The number of fused-ring (bicyclic) bond motifs is 1. The number of rotatable bonds is 2.